The first-order valence-electron chi connectivity index (χ1n) is 9.02. The number of nitrogens with two attached hydrogens (primary N) is 1. The van der Waals surface area contributed by atoms with E-state index in [1.165, 1.54) is 0 Å². The maximum atomic E-state index is 9.78. The molecule has 3 rings (SSSR count). The molecule has 0 unspecified atom stereocenters. The molecular formula is C23H23N3O3. The Bertz CT molecular complexity index is 1070. The van der Waals surface area contributed by atoms with Gasteiger partial charge in [0.05, 0.1) is 27.0 Å². The van der Waals surface area contributed by atoms with Gasteiger partial charge in [0.25, 0.3) is 0 Å². The van der Waals surface area contributed by atoms with Crippen LogP contribution in [-0.2, 0) is 0 Å². The summed E-state index contributed by atoms with van der Waals surface area (Å²) in [6.45, 7) is 3.96. The van der Waals surface area contributed by atoms with Crippen molar-refractivity contribution in [2.75, 3.05) is 27.1 Å². The molecule has 0 atom stereocenters. The monoisotopic (exact) mass is 389 g/mol. The third-order valence-corrected chi connectivity index (χ3v) is 4.86. The van der Waals surface area contributed by atoms with E-state index in [4.69, 9.17) is 19.9 Å². The zero-order valence-corrected chi connectivity index (χ0v) is 17.2. The Kier molecular flexibility index (Phi) is 5.60. The summed E-state index contributed by atoms with van der Waals surface area (Å²) >= 11 is 0. The van der Waals surface area contributed by atoms with Crippen LogP contribution in [-0.4, -0.2) is 26.3 Å². The van der Waals surface area contributed by atoms with Gasteiger partial charge in [-0.1, -0.05) is 29.8 Å². The summed E-state index contributed by atoms with van der Waals surface area (Å²) in [6.07, 6.45) is 0. The standard InChI is InChI=1S/C23H23N3O3/c1-13-6-8-15(9-7-13)21-14(2)20(17(12-24)23(25)26-21)16-10-18(27-3)22(29-5)19(11-16)28-4/h6-11H,1-5H3,(H2,25,26). The molecule has 0 aliphatic carbocycles. The Balaban J connectivity index is 2.35. The number of nitrogen functional groups attached to an aromatic ring is 1. The first kappa shape index (κ1) is 20.0. The Morgan fingerprint density at radius 2 is 1.48 bits per heavy atom. The van der Waals surface area contributed by atoms with Crippen molar-refractivity contribution >= 4 is 5.82 Å². The van der Waals surface area contributed by atoms with Crippen LogP contribution in [0.5, 0.6) is 17.2 Å². The molecule has 1 aromatic heterocycles. The number of anilines is 1. The van der Waals surface area contributed by atoms with Gasteiger partial charge in [0.2, 0.25) is 5.75 Å². The van der Waals surface area contributed by atoms with E-state index in [1.807, 2.05) is 50.2 Å². The van der Waals surface area contributed by atoms with Crippen LogP contribution in [0.4, 0.5) is 5.82 Å². The molecule has 0 aliphatic heterocycles. The molecular weight excluding hydrogens is 366 g/mol. The van der Waals surface area contributed by atoms with Crippen LogP contribution >= 0.6 is 0 Å². The summed E-state index contributed by atoms with van der Waals surface area (Å²) in [4.78, 5) is 4.52. The lowest BCUT2D eigenvalue weighted by Crippen LogP contribution is -2.04. The number of hydrogen-bond donors (Lipinski definition) is 1. The van der Waals surface area contributed by atoms with Crippen LogP contribution in [0.3, 0.4) is 0 Å². The molecule has 29 heavy (non-hydrogen) atoms. The fraction of sp³-hybridized carbons (Fsp3) is 0.217. The van der Waals surface area contributed by atoms with Crippen molar-refractivity contribution in [3.05, 3.63) is 53.1 Å². The number of aromatic nitrogens is 1. The molecule has 0 fully saturated rings. The highest BCUT2D eigenvalue weighted by Crippen LogP contribution is 2.44. The summed E-state index contributed by atoms with van der Waals surface area (Å²) < 4.78 is 16.4. The summed E-state index contributed by atoms with van der Waals surface area (Å²) in [6, 6.07) is 13.8. The number of pyridine rings is 1. The van der Waals surface area contributed by atoms with Gasteiger partial charge in [-0.05, 0) is 37.1 Å². The van der Waals surface area contributed by atoms with Gasteiger partial charge in [0, 0.05) is 11.1 Å². The lowest BCUT2D eigenvalue weighted by Gasteiger charge is -2.18. The van der Waals surface area contributed by atoms with Gasteiger partial charge < -0.3 is 19.9 Å². The molecule has 0 spiro atoms. The highest BCUT2D eigenvalue weighted by Gasteiger charge is 2.21. The Morgan fingerprint density at radius 3 is 1.97 bits per heavy atom. The minimum atomic E-state index is 0.178. The van der Waals surface area contributed by atoms with Gasteiger partial charge in [-0.15, -0.1) is 0 Å². The quantitative estimate of drug-likeness (QED) is 0.690. The summed E-state index contributed by atoms with van der Waals surface area (Å²) in [5, 5.41) is 9.78. The predicted octanol–water partition coefficient (Wildman–Crippen LogP) is 4.51. The van der Waals surface area contributed by atoms with Gasteiger partial charge in [-0.25, -0.2) is 4.98 Å². The van der Waals surface area contributed by atoms with Gasteiger partial charge >= 0.3 is 0 Å². The molecule has 0 saturated carbocycles. The van der Waals surface area contributed by atoms with Crippen LogP contribution in [0.2, 0.25) is 0 Å². The lowest BCUT2D eigenvalue weighted by molar-refractivity contribution is 0.324. The van der Waals surface area contributed by atoms with Crippen molar-refractivity contribution in [1.29, 1.82) is 5.26 Å². The molecule has 6 nitrogen and oxygen atoms in total. The third-order valence-electron chi connectivity index (χ3n) is 4.86. The van der Waals surface area contributed by atoms with Crippen molar-refractivity contribution < 1.29 is 14.2 Å². The molecule has 1 heterocycles. The fourth-order valence-electron chi connectivity index (χ4n) is 3.39. The van der Waals surface area contributed by atoms with E-state index in [0.29, 0.717) is 28.4 Å². The number of rotatable bonds is 5. The van der Waals surface area contributed by atoms with E-state index in [1.54, 1.807) is 21.3 Å². The zero-order valence-electron chi connectivity index (χ0n) is 17.2. The normalized spacial score (nSPS) is 10.3. The molecule has 6 heteroatoms. The molecule has 0 bridgehead atoms. The van der Waals surface area contributed by atoms with Crippen LogP contribution < -0.4 is 19.9 Å². The second-order valence-electron chi connectivity index (χ2n) is 6.61. The van der Waals surface area contributed by atoms with Crippen molar-refractivity contribution in [2.45, 2.75) is 13.8 Å². The molecule has 2 N–H and O–H groups in total. The fourth-order valence-corrected chi connectivity index (χ4v) is 3.39. The largest absolute Gasteiger partial charge is 0.493 e. The van der Waals surface area contributed by atoms with Crippen molar-refractivity contribution in [3.63, 3.8) is 0 Å². The maximum Gasteiger partial charge on any atom is 0.203 e. The predicted molar refractivity (Wildman–Crippen MR) is 113 cm³/mol. The third kappa shape index (κ3) is 3.55. The topological polar surface area (TPSA) is 90.4 Å². The number of nitrogens with zero attached hydrogens (tertiary/aromatic N) is 2. The first-order valence-corrected chi connectivity index (χ1v) is 9.02. The number of methoxy groups -OCH3 is 3. The van der Waals surface area contributed by atoms with E-state index in [0.717, 1.165) is 27.9 Å². The van der Waals surface area contributed by atoms with Crippen molar-refractivity contribution in [2.24, 2.45) is 0 Å². The van der Waals surface area contributed by atoms with Gasteiger partial charge in [-0.2, -0.15) is 5.26 Å². The van der Waals surface area contributed by atoms with E-state index in [2.05, 4.69) is 11.1 Å². The van der Waals surface area contributed by atoms with Crippen LogP contribution in [0, 0.1) is 25.2 Å². The molecule has 3 aromatic rings. The zero-order chi connectivity index (χ0) is 21.1. The number of aryl methyl sites for hydroxylation is 1. The molecule has 2 aromatic carbocycles. The summed E-state index contributed by atoms with van der Waals surface area (Å²) in [5.74, 6) is 1.66. The molecule has 0 aliphatic rings. The summed E-state index contributed by atoms with van der Waals surface area (Å²) in [5.41, 5.74) is 11.6. The van der Waals surface area contributed by atoms with Gasteiger partial charge in [0.15, 0.2) is 11.5 Å². The van der Waals surface area contributed by atoms with Crippen LogP contribution in [0.25, 0.3) is 22.4 Å². The number of ether oxygens (including phenoxy) is 3. The second-order valence-corrected chi connectivity index (χ2v) is 6.61. The first-order chi connectivity index (χ1) is 13.9. The number of benzene rings is 2. The molecule has 148 valence electrons. The van der Waals surface area contributed by atoms with Crippen LogP contribution in [0.1, 0.15) is 16.7 Å². The second kappa shape index (κ2) is 8.11. The van der Waals surface area contributed by atoms with E-state index >= 15 is 0 Å². The highest BCUT2D eigenvalue weighted by molar-refractivity contribution is 5.86. The smallest absolute Gasteiger partial charge is 0.203 e. The van der Waals surface area contributed by atoms with E-state index in [9.17, 15) is 5.26 Å². The average molecular weight is 389 g/mol. The van der Waals surface area contributed by atoms with E-state index in [-0.39, 0.29) is 5.82 Å². The molecule has 0 amide bonds. The Labute approximate surface area is 170 Å². The van der Waals surface area contributed by atoms with Crippen molar-refractivity contribution in [3.8, 4) is 45.7 Å². The Morgan fingerprint density at radius 1 is 0.897 bits per heavy atom. The average Bonchev–Trinajstić information content (AvgIpc) is 2.74. The molecule has 0 radical (unpaired) electrons. The SMILES string of the molecule is COc1cc(-c2c(C)c(-c3ccc(C)cc3)nc(N)c2C#N)cc(OC)c1OC. The number of hydrogen-bond acceptors (Lipinski definition) is 6. The summed E-state index contributed by atoms with van der Waals surface area (Å²) in [7, 11) is 4.65. The number of nitriles is 1. The van der Waals surface area contributed by atoms with Gasteiger partial charge in [-0.3, -0.25) is 0 Å². The minimum Gasteiger partial charge on any atom is -0.493 e. The Hall–Kier alpha value is -3.72. The highest BCUT2D eigenvalue weighted by atomic mass is 16.5. The van der Waals surface area contributed by atoms with Crippen LogP contribution in [0.15, 0.2) is 36.4 Å². The van der Waals surface area contributed by atoms with E-state index < -0.39 is 0 Å². The minimum absolute atomic E-state index is 0.178. The van der Waals surface area contributed by atoms with Gasteiger partial charge in [0.1, 0.15) is 17.5 Å². The van der Waals surface area contributed by atoms with Crippen molar-refractivity contribution in [1.82, 2.24) is 4.98 Å². The maximum absolute atomic E-state index is 9.78. The lowest BCUT2D eigenvalue weighted by atomic mass is 9.92. The molecule has 0 saturated heterocycles.